The first kappa shape index (κ1) is 12.6. The van der Waals surface area contributed by atoms with Crippen LogP contribution in [0.15, 0.2) is 4.52 Å². The number of carbonyl (C=O) groups excluding carboxylic acids is 1. The third-order valence-electron chi connectivity index (χ3n) is 2.04. The summed E-state index contributed by atoms with van der Waals surface area (Å²) >= 11 is 0. The van der Waals surface area contributed by atoms with Crippen LogP contribution in [0.1, 0.15) is 25.6 Å². The summed E-state index contributed by atoms with van der Waals surface area (Å²) in [7, 11) is 0. The first-order valence-electron chi connectivity index (χ1n) is 5.32. The highest BCUT2D eigenvalue weighted by molar-refractivity contribution is 5.71. The van der Waals surface area contributed by atoms with Crippen LogP contribution in [0.4, 0.5) is 0 Å². The van der Waals surface area contributed by atoms with Crippen LogP contribution < -0.4 is 0 Å². The van der Waals surface area contributed by atoms with Gasteiger partial charge in [0.05, 0.1) is 19.7 Å². The highest BCUT2D eigenvalue weighted by atomic mass is 16.5. The van der Waals surface area contributed by atoms with Gasteiger partial charge in [-0.2, -0.15) is 4.98 Å². The molecule has 0 aliphatic heterocycles. The maximum Gasteiger partial charge on any atom is 0.320 e. The van der Waals surface area contributed by atoms with Gasteiger partial charge in [0, 0.05) is 6.92 Å². The number of aryl methyl sites for hydroxylation is 1. The molecule has 0 unspecified atom stereocenters. The third-order valence-corrected chi connectivity index (χ3v) is 2.04. The molecule has 0 radical (unpaired) electrons. The summed E-state index contributed by atoms with van der Waals surface area (Å²) < 4.78 is 9.73. The van der Waals surface area contributed by atoms with Crippen molar-refractivity contribution in [2.45, 2.75) is 27.3 Å². The molecule has 90 valence electrons. The first-order chi connectivity index (χ1) is 7.65. The Bertz CT molecular complexity index is 338. The molecule has 0 fully saturated rings. The largest absolute Gasteiger partial charge is 0.465 e. The van der Waals surface area contributed by atoms with Crippen molar-refractivity contribution in [2.75, 3.05) is 19.7 Å². The van der Waals surface area contributed by atoms with Crippen LogP contribution in [0.25, 0.3) is 0 Å². The summed E-state index contributed by atoms with van der Waals surface area (Å²) in [6, 6.07) is 0. The lowest BCUT2D eigenvalue weighted by Crippen LogP contribution is -2.30. The van der Waals surface area contributed by atoms with Crippen LogP contribution in [0.5, 0.6) is 0 Å². The predicted molar refractivity (Wildman–Crippen MR) is 56.6 cm³/mol. The highest BCUT2D eigenvalue weighted by Gasteiger charge is 2.13. The van der Waals surface area contributed by atoms with Gasteiger partial charge in [-0.25, -0.2) is 0 Å². The zero-order valence-corrected chi connectivity index (χ0v) is 9.89. The second-order valence-corrected chi connectivity index (χ2v) is 3.34. The van der Waals surface area contributed by atoms with Crippen LogP contribution in [0.2, 0.25) is 0 Å². The second kappa shape index (κ2) is 6.22. The van der Waals surface area contributed by atoms with E-state index in [1.165, 1.54) is 0 Å². The van der Waals surface area contributed by atoms with E-state index in [1.54, 1.807) is 13.8 Å². The Morgan fingerprint density at radius 3 is 2.75 bits per heavy atom. The molecule has 1 heterocycles. The lowest BCUT2D eigenvalue weighted by atomic mass is 10.4. The molecule has 16 heavy (non-hydrogen) atoms. The molecule has 0 amide bonds. The average Bonchev–Trinajstić information content (AvgIpc) is 2.63. The number of carbonyl (C=O) groups is 1. The lowest BCUT2D eigenvalue weighted by molar-refractivity contribution is -0.144. The molecule has 1 rings (SSSR count). The van der Waals surface area contributed by atoms with E-state index in [4.69, 9.17) is 9.26 Å². The molecule has 0 saturated carbocycles. The summed E-state index contributed by atoms with van der Waals surface area (Å²) in [5.41, 5.74) is 0. The van der Waals surface area contributed by atoms with Crippen LogP contribution in [-0.4, -0.2) is 40.7 Å². The Morgan fingerprint density at radius 2 is 2.25 bits per heavy atom. The number of rotatable bonds is 6. The Morgan fingerprint density at radius 1 is 1.50 bits per heavy atom. The smallest absolute Gasteiger partial charge is 0.320 e. The van der Waals surface area contributed by atoms with E-state index >= 15 is 0 Å². The number of hydrogen-bond acceptors (Lipinski definition) is 6. The zero-order valence-electron chi connectivity index (χ0n) is 9.89. The van der Waals surface area contributed by atoms with E-state index in [2.05, 4.69) is 10.1 Å². The van der Waals surface area contributed by atoms with E-state index in [0.29, 0.717) is 24.9 Å². The van der Waals surface area contributed by atoms with Crippen LogP contribution >= 0.6 is 0 Å². The van der Waals surface area contributed by atoms with Crippen molar-refractivity contribution in [3.8, 4) is 0 Å². The minimum atomic E-state index is -0.232. The van der Waals surface area contributed by atoms with Crippen molar-refractivity contribution in [1.82, 2.24) is 15.0 Å². The molecule has 0 aliphatic carbocycles. The number of aromatic nitrogens is 2. The fraction of sp³-hybridized carbons (Fsp3) is 0.700. The fourth-order valence-electron chi connectivity index (χ4n) is 1.27. The Labute approximate surface area is 94.6 Å². The SMILES string of the molecule is CCOC(=O)CN(CC)Cc1noc(C)n1. The molecule has 1 aromatic heterocycles. The third kappa shape index (κ3) is 3.98. The van der Waals surface area contributed by atoms with E-state index in [9.17, 15) is 4.79 Å². The molecule has 1 aromatic rings. The van der Waals surface area contributed by atoms with Crippen molar-refractivity contribution in [3.05, 3.63) is 11.7 Å². The van der Waals surface area contributed by atoms with Gasteiger partial charge in [-0.3, -0.25) is 9.69 Å². The summed E-state index contributed by atoms with van der Waals surface area (Å²) in [4.78, 5) is 17.3. The Kier molecular flexibility index (Phi) is 4.91. The quantitative estimate of drug-likeness (QED) is 0.668. The van der Waals surface area contributed by atoms with E-state index in [0.717, 1.165) is 6.54 Å². The highest BCUT2D eigenvalue weighted by Crippen LogP contribution is 2.01. The monoisotopic (exact) mass is 227 g/mol. The number of nitrogens with zero attached hydrogens (tertiary/aromatic N) is 3. The normalized spacial score (nSPS) is 10.8. The van der Waals surface area contributed by atoms with Gasteiger partial charge in [0.2, 0.25) is 5.89 Å². The van der Waals surface area contributed by atoms with Crippen LogP contribution in [0, 0.1) is 6.92 Å². The molecular formula is C10H17N3O3. The number of hydrogen-bond donors (Lipinski definition) is 0. The van der Waals surface area contributed by atoms with Gasteiger partial charge < -0.3 is 9.26 Å². The topological polar surface area (TPSA) is 68.5 Å². The van der Waals surface area contributed by atoms with Gasteiger partial charge in [-0.05, 0) is 13.5 Å². The van der Waals surface area contributed by atoms with Crippen molar-refractivity contribution in [2.24, 2.45) is 0 Å². The average molecular weight is 227 g/mol. The molecule has 0 aromatic carbocycles. The van der Waals surface area contributed by atoms with Gasteiger partial charge in [0.1, 0.15) is 0 Å². The molecule has 0 aliphatic rings. The molecule has 0 atom stereocenters. The Balaban J connectivity index is 2.45. The van der Waals surface area contributed by atoms with E-state index < -0.39 is 0 Å². The van der Waals surface area contributed by atoms with E-state index in [1.807, 2.05) is 11.8 Å². The first-order valence-corrected chi connectivity index (χ1v) is 5.32. The van der Waals surface area contributed by atoms with Gasteiger partial charge in [-0.15, -0.1) is 0 Å². The van der Waals surface area contributed by atoms with Crippen molar-refractivity contribution < 1.29 is 14.1 Å². The molecule has 0 saturated heterocycles. The lowest BCUT2D eigenvalue weighted by Gasteiger charge is -2.16. The Hall–Kier alpha value is -1.43. The van der Waals surface area contributed by atoms with Gasteiger partial charge in [0.15, 0.2) is 5.82 Å². The number of ether oxygens (including phenoxy) is 1. The summed E-state index contributed by atoms with van der Waals surface area (Å²) in [5.74, 6) is 0.885. The van der Waals surface area contributed by atoms with E-state index in [-0.39, 0.29) is 12.5 Å². The predicted octanol–water partition coefficient (Wildman–Crippen LogP) is 0.763. The van der Waals surface area contributed by atoms with Crippen LogP contribution in [0.3, 0.4) is 0 Å². The van der Waals surface area contributed by atoms with Crippen molar-refractivity contribution in [3.63, 3.8) is 0 Å². The molecule has 6 heteroatoms. The molecule has 0 spiro atoms. The minimum Gasteiger partial charge on any atom is -0.465 e. The van der Waals surface area contributed by atoms with Gasteiger partial charge in [0.25, 0.3) is 0 Å². The molecular weight excluding hydrogens is 210 g/mol. The molecule has 0 N–H and O–H groups in total. The molecule has 6 nitrogen and oxygen atoms in total. The standard InChI is InChI=1S/C10H17N3O3/c1-4-13(7-10(14)15-5-2)6-9-11-8(3)16-12-9/h4-7H2,1-3H3. The van der Waals surface area contributed by atoms with Crippen LogP contribution in [-0.2, 0) is 16.1 Å². The fourth-order valence-corrected chi connectivity index (χ4v) is 1.27. The summed E-state index contributed by atoms with van der Waals surface area (Å²) in [5, 5.41) is 3.78. The van der Waals surface area contributed by atoms with Crippen molar-refractivity contribution in [1.29, 1.82) is 0 Å². The second-order valence-electron chi connectivity index (χ2n) is 3.34. The van der Waals surface area contributed by atoms with Crippen molar-refractivity contribution >= 4 is 5.97 Å². The summed E-state index contributed by atoms with van der Waals surface area (Å²) in [6.45, 7) is 7.36. The number of likely N-dealkylation sites (N-methyl/N-ethyl adjacent to an activating group) is 1. The summed E-state index contributed by atoms with van der Waals surface area (Å²) in [6.07, 6.45) is 0. The number of esters is 1. The maximum absolute atomic E-state index is 11.3. The molecule has 0 bridgehead atoms. The maximum atomic E-state index is 11.3. The van der Waals surface area contributed by atoms with Gasteiger partial charge in [-0.1, -0.05) is 12.1 Å². The minimum absolute atomic E-state index is 0.232. The van der Waals surface area contributed by atoms with Gasteiger partial charge >= 0.3 is 5.97 Å². The zero-order chi connectivity index (χ0) is 12.0.